The maximum atomic E-state index is 12.8. The van der Waals surface area contributed by atoms with Crippen LogP contribution in [-0.2, 0) is 16.1 Å². The van der Waals surface area contributed by atoms with Crippen molar-refractivity contribution in [3.8, 4) is 11.3 Å². The normalized spacial score (nSPS) is 16.2. The molecule has 30 heavy (non-hydrogen) atoms. The summed E-state index contributed by atoms with van der Waals surface area (Å²) in [6, 6.07) is 16.9. The van der Waals surface area contributed by atoms with Crippen LogP contribution in [0.25, 0.3) is 22.2 Å². The SMILES string of the molecule is CCC(=O)N(Cc1cc2cc(C)ccc2nc1-c1ccccc1C)CC1CCCO1. The number of fused-ring (bicyclic) bond motifs is 1. The smallest absolute Gasteiger partial charge is 0.222 e. The lowest BCUT2D eigenvalue weighted by Gasteiger charge is -2.26. The van der Waals surface area contributed by atoms with Crippen molar-refractivity contribution in [1.82, 2.24) is 9.88 Å². The number of carbonyl (C=O) groups excluding carboxylic acids is 1. The standard InChI is InChI=1S/C26H30N2O2/c1-4-25(29)28(17-22-9-7-13-30-22)16-21-15-20-14-18(2)11-12-24(20)27-26(21)23-10-6-5-8-19(23)3/h5-6,8,10-12,14-15,22H,4,7,9,13,16-17H2,1-3H3. The number of aromatic nitrogens is 1. The first-order valence-electron chi connectivity index (χ1n) is 10.9. The van der Waals surface area contributed by atoms with E-state index in [1.54, 1.807) is 0 Å². The number of ether oxygens (including phenoxy) is 1. The van der Waals surface area contributed by atoms with Crippen LogP contribution in [0.1, 0.15) is 42.9 Å². The van der Waals surface area contributed by atoms with Crippen molar-refractivity contribution in [1.29, 1.82) is 0 Å². The van der Waals surface area contributed by atoms with Gasteiger partial charge in [-0.1, -0.05) is 42.8 Å². The van der Waals surface area contributed by atoms with E-state index in [1.165, 1.54) is 11.1 Å². The van der Waals surface area contributed by atoms with Crippen LogP contribution >= 0.6 is 0 Å². The Morgan fingerprint density at radius 3 is 2.73 bits per heavy atom. The summed E-state index contributed by atoms with van der Waals surface area (Å²) in [5.41, 5.74) is 6.55. The number of nitrogens with zero attached hydrogens (tertiary/aromatic N) is 2. The van der Waals surface area contributed by atoms with Crippen molar-refractivity contribution in [2.45, 2.75) is 52.7 Å². The summed E-state index contributed by atoms with van der Waals surface area (Å²) in [6.07, 6.45) is 2.72. The minimum atomic E-state index is 0.137. The molecule has 1 atom stereocenters. The average Bonchev–Trinajstić information content (AvgIpc) is 3.26. The van der Waals surface area contributed by atoms with Gasteiger partial charge in [-0.25, -0.2) is 4.98 Å². The van der Waals surface area contributed by atoms with E-state index in [-0.39, 0.29) is 12.0 Å². The van der Waals surface area contributed by atoms with Gasteiger partial charge in [0, 0.05) is 37.1 Å². The van der Waals surface area contributed by atoms with Gasteiger partial charge in [0.25, 0.3) is 0 Å². The second-order valence-electron chi connectivity index (χ2n) is 8.27. The Bertz CT molecular complexity index is 1050. The average molecular weight is 403 g/mol. The van der Waals surface area contributed by atoms with E-state index in [1.807, 2.05) is 17.9 Å². The molecule has 0 N–H and O–H groups in total. The fourth-order valence-corrected chi connectivity index (χ4v) is 4.25. The number of pyridine rings is 1. The summed E-state index contributed by atoms with van der Waals surface area (Å²) in [5, 5.41) is 1.11. The molecule has 156 valence electrons. The third kappa shape index (κ3) is 4.39. The summed E-state index contributed by atoms with van der Waals surface area (Å²) < 4.78 is 5.83. The first-order chi connectivity index (χ1) is 14.5. The second kappa shape index (κ2) is 8.97. The molecule has 1 fully saturated rings. The van der Waals surface area contributed by atoms with E-state index in [9.17, 15) is 4.79 Å². The quantitative estimate of drug-likeness (QED) is 0.552. The van der Waals surface area contributed by atoms with Crippen LogP contribution in [0.4, 0.5) is 0 Å². The Hall–Kier alpha value is -2.72. The lowest BCUT2D eigenvalue weighted by molar-refractivity contribution is -0.133. The summed E-state index contributed by atoms with van der Waals surface area (Å²) in [7, 11) is 0. The summed E-state index contributed by atoms with van der Waals surface area (Å²) >= 11 is 0. The first kappa shape index (κ1) is 20.5. The summed E-state index contributed by atoms with van der Waals surface area (Å²) in [4.78, 5) is 19.8. The van der Waals surface area contributed by atoms with Gasteiger partial charge in [-0.3, -0.25) is 4.79 Å². The van der Waals surface area contributed by atoms with Crippen LogP contribution in [0.15, 0.2) is 48.5 Å². The van der Waals surface area contributed by atoms with Gasteiger partial charge in [0.1, 0.15) is 0 Å². The number of amides is 1. The molecule has 1 aliphatic heterocycles. The predicted molar refractivity (Wildman–Crippen MR) is 121 cm³/mol. The van der Waals surface area contributed by atoms with Crippen LogP contribution in [-0.4, -0.2) is 35.0 Å². The third-order valence-electron chi connectivity index (χ3n) is 5.91. The van der Waals surface area contributed by atoms with Gasteiger partial charge in [0.15, 0.2) is 0 Å². The molecule has 4 rings (SSSR count). The van der Waals surface area contributed by atoms with E-state index >= 15 is 0 Å². The Kier molecular flexibility index (Phi) is 6.14. The predicted octanol–water partition coefficient (Wildman–Crippen LogP) is 5.44. The van der Waals surface area contributed by atoms with Crippen molar-refractivity contribution in [2.75, 3.05) is 13.2 Å². The molecule has 1 saturated heterocycles. The number of aryl methyl sites for hydroxylation is 2. The molecule has 0 aliphatic carbocycles. The Morgan fingerprint density at radius 1 is 1.17 bits per heavy atom. The zero-order valence-corrected chi connectivity index (χ0v) is 18.1. The monoisotopic (exact) mass is 402 g/mol. The molecular weight excluding hydrogens is 372 g/mol. The largest absolute Gasteiger partial charge is 0.376 e. The number of hydrogen-bond donors (Lipinski definition) is 0. The fraction of sp³-hybridized carbons (Fsp3) is 0.385. The maximum absolute atomic E-state index is 12.8. The molecular formula is C26H30N2O2. The van der Waals surface area contributed by atoms with Gasteiger partial charge in [-0.2, -0.15) is 0 Å². The van der Waals surface area contributed by atoms with Gasteiger partial charge in [0.05, 0.1) is 17.3 Å². The molecule has 3 aromatic rings. The maximum Gasteiger partial charge on any atom is 0.222 e. The van der Waals surface area contributed by atoms with E-state index < -0.39 is 0 Å². The topological polar surface area (TPSA) is 42.4 Å². The lowest BCUT2D eigenvalue weighted by atomic mass is 9.98. The number of carbonyl (C=O) groups is 1. The molecule has 0 saturated carbocycles. The molecule has 0 spiro atoms. The Morgan fingerprint density at radius 2 is 2.00 bits per heavy atom. The van der Waals surface area contributed by atoms with Crippen LogP contribution in [0.5, 0.6) is 0 Å². The van der Waals surface area contributed by atoms with Crippen molar-refractivity contribution in [3.63, 3.8) is 0 Å². The second-order valence-corrected chi connectivity index (χ2v) is 8.27. The van der Waals surface area contributed by atoms with Gasteiger partial charge >= 0.3 is 0 Å². The van der Waals surface area contributed by atoms with E-state index in [2.05, 4.69) is 56.3 Å². The van der Waals surface area contributed by atoms with Gasteiger partial charge in [0.2, 0.25) is 5.91 Å². The van der Waals surface area contributed by atoms with Crippen LogP contribution < -0.4 is 0 Å². The molecule has 1 aliphatic rings. The van der Waals surface area contributed by atoms with Crippen molar-refractivity contribution >= 4 is 16.8 Å². The van der Waals surface area contributed by atoms with Gasteiger partial charge in [-0.15, -0.1) is 0 Å². The van der Waals surface area contributed by atoms with Crippen LogP contribution in [0, 0.1) is 13.8 Å². The highest BCUT2D eigenvalue weighted by Crippen LogP contribution is 2.30. The highest BCUT2D eigenvalue weighted by Gasteiger charge is 2.23. The molecule has 1 aromatic heterocycles. The zero-order chi connectivity index (χ0) is 21.1. The lowest BCUT2D eigenvalue weighted by Crippen LogP contribution is -2.36. The number of benzene rings is 2. The van der Waals surface area contributed by atoms with E-state index in [0.29, 0.717) is 19.5 Å². The van der Waals surface area contributed by atoms with Gasteiger partial charge in [-0.05, 0) is 56.0 Å². The fourth-order valence-electron chi connectivity index (χ4n) is 4.25. The third-order valence-corrected chi connectivity index (χ3v) is 5.91. The van der Waals surface area contributed by atoms with Crippen molar-refractivity contribution < 1.29 is 9.53 Å². The first-order valence-corrected chi connectivity index (χ1v) is 10.9. The molecule has 4 heteroatoms. The van der Waals surface area contributed by atoms with Crippen molar-refractivity contribution in [3.05, 3.63) is 65.2 Å². The van der Waals surface area contributed by atoms with E-state index in [0.717, 1.165) is 47.2 Å². The molecule has 0 bridgehead atoms. The molecule has 1 unspecified atom stereocenters. The van der Waals surface area contributed by atoms with Crippen LogP contribution in [0.3, 0.4) is 0 Å². The van der Waals surface area contributed by atoms with Crippen molar-refractivity contribution in [2.24, 2.45) is 0 Å². The Labute approximate surface area is 178 Å². The minimum absolute atomic E-state index is 0.137. The summed E-state index contributed by atoms with van der Waals surface area (Å²) in [5.74, 6) is 0.158. The molecule has 4 nitrogen and oxygen atoms in total. The molecule has 2 heterocycles. The number of rotatable bonds is 6. The Balaban J connectivity index is 1.79. The molecule has 0 radical (unpaired) electrons. The highest BCUT2D eigenvalue weighted by molar-refractivity contribution is 5.85. The molecule has 1 amide bonds. The minimum Gasteiger partial charge on any atom is -0.376 e. The zero-order valence-electron chi connectivity index (χ0n) is 18.1. The van der Waals surface area contributed by atoms with Gasteiger partial charge < -0.3 is 9.64 Å². The summed E-state index contributed by atoms with van der Waals surface area (Å²) in [6.45, 7) is 8.12. The highest BCUT2D eigenvalue weighted by atomic mass is 16.5. The van der Waals surface area contributed by atoms with E-state index in [4.69, 9.17) is 9.72 Å². The van der Waals surface area contributed by atoms with Crippen LogP contribution in [0.2, 0.25) is 0 Å². The molecule has 2 aromatic carbocycles. The number of hydrogen-bond acceptors (Lipinski definition) is 3.